The van der Waals surface area contributed by atoms with Crippen molar-refractivity contribution in [1.29, 1.82) is 0 Å². The van der Waals surface area contributed by atoms with E-state index >= 15 is 0 Å². The van der Waals surface area contributed by atoms with Crippen molar-refractivity contribution in [3.8, 4) is 5.75 Å². The van der Waals surface area contributed by atoms with Gasteiger partial charge < -0.3 is 14.6 Å². The second kappa shape index (κ2) is 6.00. The molecule has 0 spiro atoms. The van der Waals surface area contributed by atoms with E-state index in [0.717, 1.165) is 13.1 Å². The van der Waals surface area contributed by atoms with Crippen LogP contribution in [0.1, 0.15) is 0 Å². The number of aromatic nitrogens is 2. The lowest BCUT2D eigenvalue weighted by atomic mass is 10.2. The lowest BCUT2D eigenvalue weighted by molar-refractivity contribution is 0.0318. The fraction of sp³-hybridized carbons (Fsp3) is 0.583. The highest BCUT2D eigenvalue weighted by atomic mass is 35.5. The van der Waals surface area contributed by atoms with E-state index in [-0.39, 0.29) is 29.4 Å². The topological polar surface area (TPSA) is 88.0 Å². The molecule has 2 aliphatic heterocycles. The fourth-order valence-electron chi connectivity index (χ4n) is 2.53. The summed E-state index contributed by atoms with van der Waals surface area (Å²) >= 11 is 5.93. The average Bonchev–Trinajstić information content (AvgIpc) is 2.48. The predicted molar refractivity (Wildman–Crippen MR) is 74.1 cm³/mol. The van der Waals surface area contributed by atoms with Crippen LogP contribution in [0.2, 0.25) is 5.15 Å². The summed E-state index contributed by atoms with van der Waals surface area (Å²) in [6.07, 6.45) is 0.157. The molecule has 1 N–H and O–H groups in total. The van der Waals surface area contributed by atoms with Gasteiger partial charge in [-0.05, 0) is 0 Å². The summed E-state index contributed by atoms with van der Waals surface area (Å²) in [5.74, 6) is 0.423. The third-order valence-electron chi connectivity index (χ3n) is 3.53. The third-order valence-corrected chi connectivity index (χ3v) is 3.80. The molecular formula is C12H15ClN4O4. The van der Waals surface area contributed by atoms with Gasteiger partial charge in [0.05, 0.1) is 19.3 Å². The SMILES string of the molecule is O=C(O)N1c2ncnc(Cl)c2OCC1CN1CCOCC1. The van der Waals surface area contributed by atoms with Crippen LogP contribution in [0, 0.1) is 0 Å². The highest BCUT2D eigenvalue weighted by Gasteiger charge is 2.36. The number of carbonyl (C=O) groups is 1. The maximum atomic E-state index is 11.6. The van der Waals surface area contributed by atoms with Crippen LogP contribution in [0.3, 0.4) is 0 Å². The first-order valence-electron chi connectivity index (χ1n) is 6.62. The van der Waals surface area contributed by atoms with Crippen LogP contribution in [0.5, 0.6) is 5.75 Å². The number of hydrogen-bond donors (Lipinski definition) is 1. The molecule has 3 rings (SSSR count). The van der Waals surface area contributed by atoms with E-state index < -0.39 is 6.09 Å². The first-order chi connectivity index (χ1) is 10.2. The van der Waals surface area contributed by atoms with Gasteiger partial charge >= 0.3 is 6.09 Å². The summed E-state index contributed by atoms with van der Waals surface area (Å²) < 4.78 is 10.9. The lowest BCUT2D eigenvalue weighted by Gasteiger charge is -2.37. The smallest absolute Gasteiger partial charge is 0.413 e. The van der Waals surface area contributed by atoms with Gasteiger partial charge in [0.1, 0.15) is 12.9 Å². The van der Waals surface area contributed by atoms with E-state index in [1.807, 2.05) is 0 Å². The van der Waals surface area contributed by atoms with Crippen molar-refractivity contribution in [2.24, 2.45) is 0 Å². The van der Waals surface area contributed by atoms with Gasteiger partial charge in [0.25, 0.3) is 0 Å². The predicted octanol–water partition coefficient (Wildman–Crippen LogP) is 0.708. The van der Waals surface area contributed by atoms with Crippen molar-refractivity contribution in [3.63, 3.8) is 0 Å². The number of halogens is 1. The molecule has 1 fully saturated rings. The van der Waals surface area contributed by atoms with Gasteiger partial charge in [-0.1, -0.05) is 11.6 Å². The molecule has 2 aliphatic rings. The van der Waals surface area contributed by atoms with Crippen molar-refractivity contribution < 1.29 is 19.4 Å². The highest BCUT2D eigenvalue weighted by Crippen LogP contribution is 2.36. The molecule has 9 heteroatoms. The van der Waals surface area contributed by atoms with Gasteiger partial charge in [0.2, 0.25) is 0 Å². The normalized spacial score (nSPS) is 22.5. The Morgan fingerprint density at radius 2 is 2.19 bits per heavy atom. The highest BCUT2D eigenvalue weighted by molar-refractivity contribution is 6.31. The second-order valence-electron chi connectivity index (χ2n) is 4.85. The van der Waals surface area contributed by atoms with E-state index in [9.17, 15) is 9.90 Å². The molecule has 8 nitrogen and oxygen atoms in total. The number of nitrogens with zero attached hydrogens (tertiary/aromatic N) is 4. The molecule has 0 aliphatic carbocycles. The van der Waals surface area contributed by atoms with Crippen LogP contribution in [0.25, 0.3) is 0 Å². The zero-order chi connectivity index (χ0) is 14.8. The Balaban J connectivity index is 1.83. The van der Waals surface area contributed by atoms with Crippen molar-refractivity contribution in [1.82, 2.24) is 14.9 Å². The molecule has 0 aromatic carbocycles. The monoisotopic (exact) mass is 314 g/mol. The van der Waals surface area contributed by atoms with Crippen molar-refractivity contribution in [3.05, 3.63) is 11.5 Å². The van der Waals surface area contributed by atoms with E-state index in [2.05, 4.69) is 14.9 Å². The van der Waals surface area contributed by atoms with Gasteiger partial charge in [-0.25, -0.2) is 14.8 Å². The van der Waals surface area contributed by atoms with E-state index in [4.69, 9.17) is 21.1 Å². The number of rotatable bonds is 2. The Morgan fingerprint density at radius 1 is 1.43 bits per heavy atom. The number of anilines is 1. The zero-order valence-corrected chi connectivity index (χ0v) is 12.0. The minimum Gasteiger partial charge on any atom is -0.485 e. The van der Waals surface area contributed by atoms with E-state index in [0.29, 0.717) is 19.8 Å². The van der Waals surface area contributed by atoms with Crippen LogP contribution in [-0.2, 0) is 4.74 Å². The largest absolute Gasteiger partial charge is 0.485 e. The summed E-state index contributed by atoms with van der Waals surface area (Å²) in [6.45, 7) is 3.67. The summed E-state index contributed by atoms with van der Waals surface area (Å²) in [5, 5.41) is 9.62. The van der Waals surface area contributed by atoms with Gasteiger partial charge in [-0.3, -0.25) is 9.80 Å². The Bertz CT molecular complexity index is 538. The molecule has 1 aromatic heterocycles. The number of morpholine rings is 1. The average molecular weight is 315 g/mol. The van der Waals surface area contributed by atoms with Crippen molar-refractivity contribution >= 4 is 23.5 Å². The number of fused-ring (bicyclic) bond motifs is 1. The first kappa shape index (κ1) is 14.3. The molecule has 1 amide bonds. The van der Waals surface area contributed by atoms with Crippen LogP contribution < -0.4 is 9.64 Å². The summed E-state index contributed by atoms with van der Waals surface area (Å²) in [5.41, 5.74) is 0. The van der Waals surface area contributed by atoms with Crippen molar-refractivity contribution in [2.45, 2.75) is 6.04 Å². The Hall–Kier alpha value is -1.64. The summed E-state index contributed by atoms with van der Waals surface area (Å²) in [6, 6.07) is -0.334. The molecule has 1 saturated heterocycles. The molecule has 1 aromatic rings. The van der Waals surface area contributed by atoms with Crippen LogP contribution >= 0.6 is 11.6 Å². The van der Waals surface area contributed by atoms with E-state index in [1.165, 1.54) is 11.2 Å². The minimum atomic E-state index is -1.08. The van der Waals surface area contributed by atoms with Gasteiger partial charge in [-0.2, -0.15) is 0 Å². The zero-order valence-electron chi connectivity index (χ0n) is 11.2. The molecule has 3 heterocycles. The van der Waals surface area contributed by atoms with Gasteiger partial charge in [0, 0.05) is 19.6 Å². The molecule has 0 radical (unpaired) electrons. The van der Waals surface area contributed by atoms with Gasteiger partial charge in [0.15, 0.2) is 16.7 Å². The van der Waals surface area contributed by atoms with Crippen LogP contribution in [0.15, 0.2) is 6.33 Å². The second-order valence-corrected chi connectivity index (χ2v) is 5.21. The Labute approximate surface area is 126 Å². The Kier molecular flexibility index (Phi) is 4.09. The van der Waals surface area contributed by atoms with E-state index in [1.54, 1.807) is 0 Å². The lowest BCUT2D eigenvalue weighted by Crippen LogP contribution is -2.54. The number of ether oxygens (including phenoxy) is 2. The first-order valence-corrected chi connectivity index (χ1v) is 7.00. The maximum absolute atomic E-state index is 11.6. The quantitative estimate of drug-likeness (QED) is 0.804. The number of amides is 1. The summed E-state index contributed by atoms with van der Waals surface area (Å²) in [4.78, 5) is 22.8. The van der Waals surface area contributed by atoms with Gasteiger partial charge in [-0.15, -0.1) is 0 Å². The molecule has 114 valence electrons. The molecule has 0 bridgehead atoms. The number of hydrogen-bond acceptors (Lipinski definition) is 6. The van der Waals surface area contributed by atoms with Crippen molar-refractivity contribution in [2.75, 3.05) is 44.4 Å². The Morgan fingerprint density at radius 3 is 2.90 bits per heavy atom. The summed E-state index contributed by atoms with van der Waals surface area (Å²) in [7, 11) is 0. The molecular weight excluding hydrogens is 300 g/mol. The fourth-order valence-corrected chi connectivity index (χ4v) is 2.71. The number of carboxylic acid groups (broad SMARTS) is 1. The van der Waals surface area contributed by atoms with Crippen LogP contribution in [-0.4, -0.2) is 71.6 Å². The minimum absolute atomic E-state index is 0.121. The molecule has 1 unspecified atom stereocenters. The van der Waals surface area contributed by atoms with Crippen LogP contribution in [0.4, 0.5) is 10.6 Å². The standard InChI is InChI=1S/C12H15ClN4O4/c13-10-9-11(15-7-14-10)17(12(18)19)8(6-21-9)5-16-1-3-20-4-2-16/h7-8H,1-6H2,(H,18,19). The third kappa shape index (κ3) is 2.87. The maximum Gasteiger partial charge on any atom is 0.413 e. The molecule has 0 saturated carbocycles. The molecule has 21 heavy (non-hydrogen) atoms. The molecule has 1 atom stereocenters.